The summed E-state index contributed by atoms with van der Waals surface area (Å²) >= 11 is 3.00. The van der Waals surface area contributed by atoms with Gasteiger partial charge in [0.25, 0.3) is 0 Å². The van der Waals surface area contributed by atoms with Gasteiger partial charge in [0.2, 0.25) is 0 Å². The summed E-state index contributed by atoms with van der Waals surface area (Å²) in [6.45, 7) is 0. The fraction of sp³-hybridized carbons (Fsp3) is 0.200. The smallest absolute Gasteiger partial charge is 0.133 e. The van der Waals surface area contributed by atoms with E-state index < -0.39 is 23.3 Å². The molecule has 0 heterocycles. The lowest BCUT2D eigenvalue weighted by Crippen LogP contribution is -2.06. The van der Waals surface area contributed by atoms with Crippen LogP contribution in [0.5, 0.6) is 11.5 Å². The number of aliphatic hydroxyl groups is 1. The first-order valence-electron chi connectivity index (χ1n) is 6.01. The van der Waals surface area contributed by atoms with Crippen LogP contribution >= 0.6 is 15.9 Å². The summed E-state index contributed by atoms with van der Waals surface area (Å²) in [5.41, 5.74) is -0.153. The molecule has 1 atom stereocenters. The largest absolute Gasteiger partial charge is 0.497 e. The average Bonchev–Trinajstić information content (AvgIpc) is 2.45. The first-order chi connectivity index (χ1) is 9.96. The molecule has 0 spiro atoms. The quantitative estimate of drug-likeness (QED) is 0.902. The van der Waals surface area contributed by atoms with Crippen molar-refractivity contribution < 1.29 is 23.4 Å². The molecule has 0 amide bonds. The Bertz CT molecular complexity index is 616. The molecule has 1 unspecified atom stereocenters. The SMILES string of the molecule is COc1cc(OC)cc(C(O)c2c(F)cc(Br)cc2F)c1. The van der Waals surface area contributed by atoms with Crippen molar-refractivity contribution >= 4 is 15.9 Å². The van der Waals surface area contributed by atoms with E-state index in [1.165, 1.54) is 26.4 Å². The van der Waals surface area contributed by atoms with Crippen LogP contribution in [0.3, 0.4) is 0 Å². The van der Waals surface area contributed by atoms with Crippen molar-refractivity contribution in [3.8, 4) is 11.5 Å². The van der Waals surface area contributed by atoms with Gasteiger partial charge in [-0.3, -0.25) is 0 Å². The van der Waals surface area contributed by atoms with Gasteiger partial charge in [-0.25, -0.2) is 8.78 Å². The number of ether oxygens (including phenoxy) is 2. The number of hydrogen-bond acceptors (Lipinski definition) is 3. The molecule has 112 valence electrons. The summed E-state index contributed by atoms with van der Waals surface area (Å²) in [4.78, 5) is 0. The van der Waals surface area contributed by atoms with Gasteiger partial charge < -0.3 is 14.6 Å². The Morgan fingerprint density at radius 2 is 1.43 bits per heavy atom. The predicted octanol–water partition coefficient (Wildman–Crippen LogP) is 3.83. The van der Waals surface area contributed by atoms with Gasteiger partial charge in [-0.05, 0) is 29.8 Å². The highest BCUT2D eigenvalue weighted by Gasteiger charge is 2.21. The standard InChI is InChI=1S/C15H13BrF2O3/c1-20-10-3-8(4-11(7-10)21-2)15(19)14-12(17)5-9(16)6-13(14)18/h3-7,15,19H,1-2H3. The molecule has 6 heteroatoms. The van der Waals surface area contributed by atoms with Gasteiger partial charge >= 0.3 is 0 Å². The van der Waals surface area contributed by atoms with E-state index in [0.717, 1.165) is 12.1 Å². The first kappa shape index (κ1) is 15.7. The summed E-state index contributed by atoms with van der Waals surface area (Å²) in [7, 11) is 2.90. The second kappa shape index (κ2) is 6.41. The van der Waals surface area contributed by atoms with Crippen LogP contribution in [0.25, 0.3) is 0 Å². The summed E-state index contributed by atoms with van der Waals surface area (Å²) < 4.78 is 38.3. The third-order valence-corrected chi connectivity index (χ3v) is 3.46. The van der Waals surface area contributed by atoms with E-state index >= 15 is 0 Å². The van der Waals surface area contributed by atoms with Crippen molar-refractivity contribution in [2.24, 2.45) is 0 Å². The number of aliphatic hydroxyl groups excluding tert-OH is 1. The number of rotatable bonds is 4. The fourth-order valence-corrected chi connectivity index (χ4v) is 2.37. The molecule has 0 saturated carbocycles. The zero-order chi connectivity index (χ0) is 15.6. The van der Waals surface area contributed by atoms with E-state index in [9.17, 15) is 13.9 Å². The Balaban J connectivity index is 2.52. The van der Waals surface area contributed by atoms with Crippen LogP contribution < -0.4 is 9.47 Å². The molecule has 0 bridgehead atoms. The third-order valence-electron chi connectivity index (χ3n) is 3.01. The van der Waals surface area contributed by atoms with E-state index in [-0.39, 0.29) is 10.0 Å². The summed E-state index contributed by atoms with van der Waals surface area (Å²) in [6.07, 6.45) is -1.47. The van der Waals surface area contributed by atoms with Gasteiger partial charge in [0.15, 0.2) is 0 Å². The zero-order valence-electron chi connectivity index (χ0n) is 11.4. The van der Waals surface area contributed by atoms with E-state index in [1.54, 1.807) is 6.07 Å². The highest BCUT2D eigenvalue weighted by atomic mass is 79.9. The van der Waals surface area contributed by atoms with E-state index in [2.05, 4.69) is 15.9 Å². The maximum Gasteiger partial charge on any atom is 0.133 e. The monoisotopic (exact) mass is 358 g/mol. The lowest BCUT2D eigenvalue weighted by molar-refractivity contribution is 0.208. The maximum atomic E-state index is 13.9. The molecule has 3 nitrogen and oxygen atoms in total. The minimum absolute atomic E-state index is 0.261. The van der Waals surface area contributed by atoms with Crippen LogP contribution in [-0.2, 0) is 0 Å². The first-order valence-corrected chi connectivity index (χ1v) is 6.81. The van der Waals surface area contributed by atoms with E-state index in [4.69, 9.17) is 9.47 Å². The average molecular weight is 359 g/mol. The predicted molar refractivity (Wildman–Crippen MR) is 77.7 cm³/mol. The number of benzene rings is 2. The second-order valence-corrected chi connectivity index (χ2v) is 5.25. The molecule has 2 aromatic carbocycles. The molecule has 21 heavy (non-hydrogen) atoms. The Kier molecular flexibility index (Phi) is 4.80. The number of methoxy groups -OCH3 is 2. The van der Waals surface area contributed by atoms with Crippen LogP contribution in [0.2, 0.25) is 0 Å². The van der Waals surface area contributed by atoms with Gasteiger partial charge in [0.1, 0.15) is 29.2 Å². The van der Waals surface area contributed by atoms with Crippen molar-refractivity contribution in [2.45, 2.75) is 6.10 Å². The molecular weight excluding hydrogens is 346 g/mol. The van der Waals surface area contributed by atoms with E-state index in [1.807, 2.05) is 0 Å². The Hall–Kier alpha value is -1.66. The van der Waals surface area contributed by atoms with Crippen LogP contribution in [0.15, 0.2) is 34.8 Å². The van der Waals surface area contributed by atoms with E-state index in [0.29, 0.717) is 11.5 Å². The summed E-state index contributed by atoms with van der Waals surface area (Å²) in [5, 5.41) is 10.3. The van der Waals surface area contributed by atoms with Crippen LogP contribution in [0, 0.1) is 11.6 Å². The molecule has 2 aromatic rings. The summed E-state index contributed by atoms with van der Waals surface area (Å²) in [6, 6.07) is 6.78. The van der Waals surface area contributed by atoms with Gasteiger partial charge in [-0.15, -0.1) is 0 Å². The molecule has 0 saturated heterocycles. The number of hydrogen-bond donors (Lipinski definition) is 1. The van der Waals surface area contributed by atoms with Crippen LogP contribution in [0.4, 0.5) is 8.78 Å². The molecule has 1 N–H and O–H groups in total. The van der Waals surface area contributed by atoms with Gasteiger partial charge in [0.05, 0.1) is 19.8 Å². The minimum Gasteiger partial charge on any atom is -0.497 e. The topological polar surface area (TPSA) is 38.7 Å². The van der Waals surface area contributed by atoms with Crippen molar-refractivity contribution in [1.82, 2.24) is 0 Å². The molecule has 0 aliphatic carbocycles. The van der Waals surface area contributed by atoms with Crippen molar-refractivity contribution in [3.63, 3.8) is 0 Å². The van der Waals surface area contributed by atoms with Crippen LogP contribution in [0.1, 0.15) is 17.2 Å². The van der Waals surface area contributed by atoms with Crippen LogP contribution in [-0.4, -0.2) is 19.3 Å². The maximum absolute atomic E-state index is 13.9. The van der Waals surface area contributed by atoms with Gasteiger partial charge in [-0.2, -0.15) is 0 Å². The lowest BCUT2D eigenvalue weighted by atomic mass is 10.00. The summed E-state index contributed by atoms with van der Waals surface area (Å²) in [5.74, 6) is -0.838. The third kappa shape index (κ3) is 3.33. The lowest BCUT2D eigenvalue weighted by Gasteiger charge is -2.16. The van der Waals surface area contributed by atoms with Crippen molar-refractivity contribution in [1.29, 1.82) is 0 Å². The molecule has 0 radical (unpaired) electrons. The molecular formula is C15H13BrF2O3. The molecule has 0 aliphatic heterocycles. The van der Waals surface area contributed by atoms with Crippen molar-refractivity contribution in [3.05, 3.63) is 57.6 Å². The van der Waals surface area contributed by atoms with Gasteiger partial charge in [0, 0.05) is 10.5 Å². The van der Waals surface area contributed by atoms with Crippen molar-refractivity contribution in [2.75, 3.05) is 14.2 Å². The molecule has 0 fully saturated rings. The molecule has 0 aliphatic rings. The Morgan fingerprint density at radius 1 is 0.952 bits per heavy atom. The normalized spacial score (nSPS) is 12.1. The highest BCUT2D eigenvalue weighted by molar-refractivity contribution is 9.10. The highest BCUT2D eigenvalue weighted by Crippen LogP contribution is 2.33. The Morgan fingerprint density at radius 3 is 1.86 bits per heavy atom. The van der Waals surface area contributed by atoms with Gasteiger partial charge in [-0.1, -0.05) is 15.9 Å². The minimum atomic E-state index is -1.47. The fourth-order valence-electron chi connectivity index (χ4n) is 1.97. The number of halogens is 3. The molecule has 0 aromatic heterocycles. The Labute approximate surface area is 129 Å². The second-order valence-electron chi connectivity index (χ2n) is 4.33. The molecule has 2 rings (SSSR count). The zero-order valence-corrected chi connectivity index (χ0v) is 12.9.